The van der Waals surface area contributed by atoms with E-state index in [1.165, 1.54) is 0 Å². The van der Waals surface area contributed by atoms with Crippen LogP contribution in [0.4, 0.5) is 5.69 Å². The highest BCUT2D eigenvalue weighted by Crippen LogP contribution is 2.18. The van der Waals surface area contributed by atoms with E-state index < -0.39 is 0 Å². The molecule has 0 unspecified atom stereocenters. The maximum absolute atomic E-state index is 11.8. The predicted molar refractivity (Wildman–Crippen MR) is 88.2 cm³/mol. The standard InChI is InChI=1S/C15H23N3OS/c1-10(2)8-17-14(19)9-18(4)12-5-6-13(15(16)20)11(3)7-12/h5-7,10H,8-9H2,1-4H3,(H2,16,20)(H,17,19). The number of carbonyl (C=O) groups is 1. The van der Waals surface area contributed by atoms with Gasteiger partial charge in [0.15, 0.2) is 0 Å². The molecule has 0 fully saturated rings. The van der Waals surface area contributed by atoms with E-state index in [4.69, 9.17) is 18.0 Å². The molecular formula is C15H23N3OS. The number of aryl methyl sites for hydroxylation is 1. The molecule has 1 aromatic rings. The van der Waals surface area contributed by atoms with Crippen LogP contribution in [0.1, 0.15) is 25.0 Å². The third kappa shape index (κ3) is 4.81. The van der Waals surface area contributed by atoms with Crippen molar-refractivity contribution in [3.63, 3.8) is 0 Å². The Balaban J connectivity index is 2.68. The third-order valence-corrected chi connectivity index (χ3v) is 3.22. The van der Waals surface area contributed by atoms with Crippen LogP contribution in [0, 0.1) is 12.8 Å². The van der Waals surface area contributed by atoms with Gasteiger partial charge < -0.3 is 16.0 Å². The minimum Gasteiger partial charge on any atom is -0.389 e. The number of rotatable bonds is 6. The van der Waals surface area contributed by atoms with Crippen LogP contribution in [0.15, 0.2) is 18.2 Å². The van der Waals surface area contributed by atoms with Crippen molar-refractivity contribution in [1.82, 2.24) is 5.32 Å². The van der Waals surface area contributed by atoms with Gasteiger partial charge in [0.25, 0.3) is 0 Å². The molecule has 0 aliphatic heterocycles. The maximum Gasteiger partial charge on any atom is 0.239 e. The minimum atomic E-state index is 0.0253. The van der Waals surface area contributed by atoms with E-state index in [9.17, 15) is 4.79 Å². The monoisotopic (exact) mass is 293 g/mol. The number of amides is 1. The first-order chi connectivity index (χ1) is 9.31. The number of nitrogens with zero attached hydrogens (tertiary/aromatic N) is 1. The van der Waals surface area contributed by atoms with Gasteiger partial charge in [-0.2, -0.15) is 0 Å². The van der Waals surface area contributed by atoms with Gasteiger partial charge in [-0.15, -0.1) is 0 Å². The molecular weight excluding hydrogens is 270 g/mol. The average Bonchev–Trinajstić information content (AvgIpc) is 2.35. The van der Waals surface area contributed by atoms with Gasteiger partial charge in [0.2, 0.25) is 5.91 Å². The zero-order chi connectivity index (χ0) is 15.3. The van der Waals surface area contributed by atoms with E-state index in [1.807, 2.05) is 37.1 Å². The van der Waals surface area contributed by atoms with Crippen LogP contribution >= 0.6 is 12.2 Å². The van der Waals surface area contributed by atoms with Gasteiger partial charge in [-0.3, -0.25) is 4.79 Å². The van der Waals surface area contributed by atoms with Crippen LogP contribution in [0.2, 0.25) is 0 Å². The average molecular weight is 293 g/mol. The Labute approximate surface area is 126 Å². The number of thiocarbonyl (C=S) groups is 1. The number of anilines is 1. The molecule has 0 radical (unpaired) electrons. The molecule has 0 aliphatic carbocycles. The fourth-order valence-electron chi connectivity index (χ4n) is 1.84. The highest BCUT2D eigenvalue weighted by Gasteiger charge is 2.09. The molecule has 0 aliphatic rings. The van der Waals surface area contributed by atoms with Crippen molar-refractivity contribution in [3.05, 3.63) is 29.3 Å². The fourth-order valence-corrected chi connectivity index (χ4v) is 2.07. The summed E-state index contributed by atoms with van der Waals surface area (Å²) in [5.41, 5.74) is 8.51. The largest absolute Gasteiger partial charge is 0.389 e. The molecule has 1 rings (SSSR count). The van der Waals surface area contributed by atoms with Crippen molar-refractivity contribution in [2.45, 2.75) is 20.8 Å². The Morgan fingerprint density at radius 2 is 2.10 bits per heavy atom. The summed E-state index contributed by atoms with van der Waals surface area (Å²) in [6.07, 6.45) is 0. The number of benzene rings is 1. The van der Waals surface area contributed by atoms with E-state index in [0.717, 1.165) is 16.8 Å². The highest BCUT2D eigenvalue weighted by atomic mass is 32.1. The SMILES string of the molecule is Cc1cc(N(C)CC(=O)NCC(C)C)ccc1C(N)=S. The Hall–Kier alpha value is -1.62. The highest BCUT2D eigenvalue weighted by molar-refractivity contribution is 7.80. The molecule has 0 heterocycles. The van der Waals surface area contributed by atoms with Crippen molar-refractivity contribution in [1.29, 1.82) is 0 Å². The zero-order valence-corrected chi connectivity index (χ0v) is 13.4. The molecule has 0 aromatic heterocycles. The topological polar surface area (TPSA) is 58.4 Å². The lowest BCUT2D eigenvalue weighted by atomic mass is 10.1. The van der Waals surface area contributed by atoms with Crippen molar-refractivity contribution < 1.29 is 4.79 Å². The molecule has 0 bridgehead atoms. The lowest BCUT2D eigenvalue weighted by Gasteiger charge is -2.20. The van der Waals surface area contributed by atoms with E-state index >= 15 is 0 Å². The second-order valence-electron chi connectivity index (χ2n) is 5.42. The summed E-state index contributed by atoms with van der Waals surface area (Å²) < 4.78 is 0. The second kappa shape index (κ2) is 7.24. The second-order valence-corrected chi connectivity index (χ2v) is 5.86. The number of hydrogen-bond acceptors (Lipinski definition) is 3. The van der Waals surface area contributed by atoms with Crippen molar-refractivity contribution in [2.75, 3.05) is 25.0 Å². The Morgan fingerprint density at radius 1 is 1.45 bits per heavy atom. The normalized spacial score (nSPS) is 10.4. The fraction of sp³-hybridized carbons (Fsp3) is 0.467. The van der Waals surface area contributed by atoms with E-state index in [1.54, 1.807) is 0 Å². The molecule has 110 valence electrons. The van der Waals surface area contributed by atoms with Crippen LogP contribution in [0.3, 0.4) is 0 Å². The van der Waals surface area contributed by atoms with Crippen molar-refractivity contribution in [2.24, 2.45) is 11.7 Å². The van der Waals surface area contributed by atoms with Gasteiger partial charge in [0, 0.05) is 24.8 Å². The molecule has 1 aromatic carbocycles. The first kappa shape index (κ1) is 16.4. The Morgan fingerprint density at radius 3 is 2.60 bits per heavy atom. The van der Waals surface area contributed by atoms with Crippen molar-refractivity contribution in [3.8, 4) is 0 Å². The Kier molecular flexibility index (Phi) is 5.95. The first-order valence-electron chi connectivity index (χ1n) is 6.69. The van der Waals surface area contributed by atoms with Crippen LogP contribution in [-0.4, -0.2) is 31.0 Å². The first-order valence-corrected chi connectivity index (χ1v) is 7.10. The van der Waals surface area contributed by atoms with Crippen molar-refractivity contribution >= 4 is 28.8 Å². The molecule has 4 nitrogen and oxygen atoms in total. The summed E-state index contributed by atoms with van der Waals surface area (Å²) in [7, 11) is 1.89. The lowest BCUT2D eigenvalue weighted by Crippen LogP contribution is -2.36. The molecule has 20 heavy (non-hydrogen) atoms. The van der Waals surface area contributed by atoms with E-state index in [2.05, 4.69) is 19.2 Å². The van der Waals surface area contributed by atoms with Gasteiger partial charge in [-0.05, 0) is 36.6 Å². The molecule has 0 spiro atoms. The smallest absolute Gasteiger partial charge is 0.239 e. The number of nitrogens with one attached hydrogen (secondary N) is 1. The van der Waals surface area contributed by atoms with Crippen LogP contribution in [0.25, 0.3) is 0 Å². The van der Waals surface area contributed by atoms with Gasteiger partial charge >= 0.3 is 0 Å². The summed E-state index contributed by atoms with van der Waals surface area (Å²) >= 11 is 4.99. The van der Waals surface area contributed by atoms with Crippen LogP contribution in [0.5, 0.6) is 0 Å². The van der Waals surface area contributed by atoms with Gasteiger partial charge in [-0.25, -0.2) is 0 Å². The van der Waals surface area contributed by atoms with Crippen LogP contribution in [-0.2, 0) is 4.79 Å². The summed E-state index contributed by atoms with van der Waals surface area (Å²) in [4.78, 5) is 14.1. The number of hydrogen-bond donors (Lipinski definition) is 2. The summed E-state index contributed by atoms with van der Waals surface area (Å²) in [6.45, 7) is 7.14. The molecule has 0 saturated carbocycles. The van der Waals surface area contributed by atoms with Gasteiger partial charge in [-0.1, -0.05) is 26.1 Å². The Bertz CT molecular complexity index is 500. The molecule has 3 N–H and O–H groups in total. The van der Waals surface area contributed by atoms with E-state index in [0.29, 0.717) is 24.0 Å². The molecule has 1 amide bonds. The third-order valence-electron chi connectivity index (χ3n) is 3.00. The zero-order valence-electron chi connectivity index (χ0n) is 12.6. The molecule has 5 heteroatoms. The minimum absolute atomic E-state index is 0.0253. The maximum atomic E-state index is 11.8. The summed E-state index contributed by atoms with van der Waals surface area (Å²) in [5.74, 6) is 0.480. The number of nitrogens with two attached hydrogens (primary N) is 1. The van der Waals surface area contributed by atoms with Gasteiger partial charge in [0.05, 0.1) is 6.54 Å². The quantitative estimate of drug-likeness (QED) is 0.786. The van der Waals surface area contributed by atoms with E-state index in [-0.39, 0.29) is 5.91 Å². The molecule has 0 atom stereocenters. The van der Waals surface area contributed by atoms with Crippen LogP contribution < -0.4 is 16.0 Å². The summed E-state index contributed by atoms with van der Waals surface area (Å²) in [6, 6.07) is 5.82. The summed E-state index contributed by atoms with van der Waals surface area (Å²) in [5, 5.41) is 2.91. The van der Waals surface area contributed by atoms with Gasteiger partial charge in [0.1, 0.15) is 4.99 Å². The predicted octanol–water partition coefficient (Wildman–Crippen LogP) is 1.84. The molecule has 0 saturated heterocycles. The lowest BCUT2D eigenvalue weighted by molar-refractivity contribution is -0.119. The number of likely N-dealkylation sites (N-methyl/N-ethyl adjacent to an activating group) is 1. The number of carbonyl (C=O) groups excluding carboxylic acids is 1.